The Bertz CT molecular complexity index is 1780. The third-order valence-electron chi connectivity index (χ3n) is 6.44. The van der Waals surface area contributed by atoms with E-state index in [4.69, 9.17) is 9.47 Å². The molecule has 0 saturated heterocycles. The molecule has 0 unspecified atom stereocenters. The lowest BCUT2D eigenvalue weighted by molar-refractivity contribution is -0.393. The minimum atomic E-state index is -0.703. The molecule has 18 nitrogen and oxygen atoms in total. The Labute approximate surface area is 271 Å². The largest absolute Gasteiger partial charge is 0.497 e. The molecule has 18 heteroatoms. The summed E-state index contributed by atoms with van der Waals surface area (Å²) in [5.41, 5.74) is 6.40. The van der Waals surface area contributed by atoms with Gasteiger partial charge < -0.3 is 9.47 Å². The molecule has 2 N–H and O–H groups in total. The number of rotatable bonds is 12. The van der Waals surface area contributed by atoms with Crippen LogP contribution in [0.4, 0.5) is 34.1 Å². The summed E-state index contributed by atoms with van der Waals surface area (Å²) in [5, 5.41) is 51.8. The first kappa shape index (κ1) is 35.5. The molecule has 0 aliphatic rings. The maximum atomic E-state index is 11.1. The van der Waals surface area contributed by atoms with Gasteiger partial charge in [-0.05, 0) is 50.2 Å². The number of hydrogen-bond acceptors (Lipinski definition) is 14. The molecule has 4 rings (SSSR count). The standard InChI is InChI=1S/2C15H14N4O5/c2*1-10(11-4-3-5-13(8-11)24-2)16-17-14-7-6-12(18(20)21)9-15(14)19(22)23/h2*3-9,17H,1-2H3/b2*16-10+. The van der Waals surface area contributed by atoms with Crippen molar-refractivity contribution in [3.63, 3.8) is 0 Å². The monoisotopic (exact) mass is 660 g/mol. The molecule has 4 aromatic carbocycles. The Kier molecular flexibility index (Phi) is 12.1. The number of methoxy groups -OCH3 is 2. The average molecular weight is 661 g/mol. The average Bonchev–Trinajstić information content (AvgIpc) is 3.09. The maximum absolute atomic E-state index is 11.1. The minimum absolute atomic E-state index is 0.0628. The molecule has 4 aromatic rings. The van der Waals surface area contributed by atoms with Crippen LogP contribution in [0.2, 0.25) is 0 Å². The number of hydrazone groups is 2. The van der Waals surface area contributed by atoms with Crippen LogP contribution in [0.25, 0.3) is 0 Å². The molecule has 0 aliphatic heterocycles. The first-order valence-electron chi connectivity index (χ1n) is 13.6. The zero-order valence-corrected chi connectivity index (χ0v) is 25.8. The van der Waals surface area contributed by atoms with Crippen molar-refractivity contribution in [3.05, 3.63) is 137 Å². The summed E-state index contributed by atoms with van der Waals surface area (Å²) in [5.74, 6) is 1.31. The Morgan fingerprint density at radius 1 is 0.562 bits per heavy atom. The topological polar surface area (TPSA) is 240 Å². The van der Waals surface area contributed by atoms with Gasteiger partial charge >= 0.3 is 11.4 Å². The highest BCUT2D eigenvalue weighted by molar-refractivity contribution is 6.00. The van der Waals surface area contributed by atoms with Crippen LogP contribution in [0, 0.1) is 40.5 Å². The van der Waals surface area contributed by atoms with Crippen LogP contribution in [0.5, 0.6) is 11.5 Å². The van der Waals surface area contributed by atoms with Gasteiger partial charge in [-0.2, -0.15) is 10.2 Å². The van der Waals surface area contributed by atoms with Gasteiger partial charge in [-0.15, -0.1) is 0 Å². The summed E-state index contributed by atoms with van der Waals surface area (Å²) in [4.78, 5) is 40.8. The second kappa shape index (κ2) is 16.4. The van der Waals surface area contributed by atoms with Crippen molar-refractivity contribution in [2.24, 2.45) is 10.2 Å². The number of nitrogens with zero attached hydrogens (tertiary/aromatic N) is 6. The summed E-state index contributed by atoms with van der Waals surface area (Å²) >= 11 is 0. The highest BCUT2D eigenvalue weighted by atomic mass is 16.6. The van der Waals surface area contributed by atoms with Gasteiger partial charge in [0.1, 0.15) is 22.9 Å². The molecule has 0 fully saturated rings. The van der Waals surface area contributed by atoms with E-state index in [1.165, 1.54) is 24.3 Å². The number of nitrogens with one attached hydrogen (secondary N) is 2. The normalized spacial score (nSPS) is 11.0. The maximum Gasteiger partial charge on any atom is 0.301 e. The van der Waals surface area contributed by atoms with Crippen molar-refractivity contribution in [3.8, 4) is 11.5 Å². The Hall–Kier alpha value is -6.98. The highest BCUT2D eigenvalue weighted by Gasteiger charge is 2.20. The predicted octanol–water partition coefficient (Wildman–Crippen LogP) is 6.70. The highest BCUT2D eigenvalue weighted by Crippen LogP contribution is 2.30. The second-order valence-electron chi connectivity index (χ2n) is 9.51. The van der Waals surface area contributed by atoms with Crippen molar-refractivity contribution in [1.82, 2.24) is 0 Å². The molecule has 0 bridgehead atoms. The van der Waals surface area contributed by atoms with Crippen molar-refractivity contribution in [2.45, 2.75) is 13.8 Å². The lowest BCUT2D eigenvalue weighted by Crippen LogP contribution is -2.02. The molecule has 0 amide bonds. The molecule has 0 aliphatic carbocycles. The molecule has 0 radical (unpaired) electrons. The van der Waals surface area contributed by atoms with E-state index in [0.717, 1.165) is 23.3 Å². The molecule has 0 heterocycles. The first-order valence-corrected chi connectivity index (χ1v) is 13.6. The molecule has 0 atom stereocenters. The molecular formula is C30H28N8O10. The van der Waals surface area contributed by atoms with E-state index in [2.05, 4.69) is 21.1 Å². The lowest BCUT2D eigenvalue weighted by atomic mass is 10.1. The van der Waals surface area contributed by atoms with Gasteiger partial charge in [-0.25, -0.2) is 0 Å². The van der Waals surface area contributed by atoms with Gasteiger partial charge in [-0.1, -0.05) is 24.3 Å². The van der Waals surface area contributed by atoms with Crippen molar-refractivity contribution < 1.29 is 29.2 Å². The Morgan fingerprint density at radius 3 is 1.25 bits per heavy atom. The van der Waals surface area contributed by atoms with E-state index in [1.807, 2.05) is 12.1 Å². The number of nitro benzene ring substituents is 4. The van der Waals surface area contributed by atoms with Gasteiger partial charge in [-0.3, -0.25) is 51.3 Å². The van der Waals surface area contributed by atoms with Crippen LogP contribution in [0.15, 0.2) is 95.1 Å². The molecular weight excluding hydrogens is 632 g/mol. The Balaban J connectivity index is 0.000000260. The van der Waals surface area contributed by atoms with Crippen LogP contribution >= 0.6 is 0 Å². The SMILES string of the molecule is COc1cccc(/C(C)=N/Nc2ccc([N+](=O)[O-])cc2[N+](=O)[O-])c1.COc1cccc(/C(C)=N/Nc2ccc([N+](=O)[O-])cc2[N+](=O)[O-])c1. The van der Waals surface area contributed by atoms with Crippen LogP contribution in [-0.4, -0.2) is 45.3 Å². The van der Waals surface area contributed by atoms with Crippen LogP contribution in [0.3, 0.4) is 0 Å². The molecule has 0 saturated carbocycles. The van der Waals surface area contributed by atoms with Gasteiger partial charge in [0.2, 0.25) is 0 Å². The zero-order valence-electron chi connectivity index (χ0n) is 25.8. The predicted molar refractivity (Wildman–Crippen MR) is 177 cm³/mol. The summed E-state index contributed by atoms with van der Waals surface area (Å²) in [6.07, 6.45) is 0. The summed E-state index contributed by atoms with van der Waals surface area (Å²) in [7, 11) is 3.09. The second-order valence-corrected chi connectivity index (χ2v) is 9.51. The van der Waals surface area contributed by atoms with E-state index >= 15 is 0 Å². The fourth-order valence-electron chi connectivity index (χ4n) is 3.87. The summed E-state index contributed by atoms with van der Waals surface area (Å²) in [6, 6.07) is 20.9. The van der Waals surface area contributed by atoms with Gasteiger partial charge in [0, 0.05) is 23.3 Å². The summed E-state index contributed by atoms with van der Waals surface area (Å²) < 4.78 is 10.3. The van der Waals surface area contributed by atoms with Crippen LogP contribution in [-0.2, 0) is 0 Å². The van der Waals surface area contributed by atoms with E-state index in [0.29, 0.717) is 22.9 Å². The Morgan fingerprint density at radius 2 is 0.938 bits per heavy atom. The molecule has 48 heavy (non-hydrogen) atoms. The third kappa shape index (κ3) is 9.51. The molecule has 0 spiro atoms. The number of non-ortho nitro benzene ring substituents is 2. The quantitative estimate of drug-likeness (QED) is 0.0916. The van der Waals surface area contributed by atoms with Crippen LogP contribution in [0.1, 0.15) is 25.0 Å². The summed E-state index contributed by atoms with van der Waals surface area (Å²) in [6.45, 7) is 3.44. The first-order chi connectivity index (χ1) is 22.8. The van der Waals surface area contributed by atoms with Crippen molar-refractivity contribution in [2.75, 3.05) is 25.1 Å². The number of anilines is 2. The zero-order chi connectivity index (χ0) is 35.4. The number of nitro groups is 4. The molecule has 248 valence electrons. The van der Waals surface area contributed by atoms with Crippen molar-refractivity contribution >= 4 is 45.5 Å². The number of benzene rings is 4. The van der Waals surface area contributed by atoms with Gasteiger partial charge in [0.05, 0.1) is 57.5 Å². The van der Waals surface area contributed by atoms with E-state index in [9.17, 15) is 40.5 Å². The van der Waals surface area contributed by atoms with Crippen LogP contribution < -0.4 is 20.3 Å². The minimum Gasteiger partial charge on any atom is -0.497 e. The lowest BCUT2D eigenvalue weighted by Gasteiger charge is -2.06. The number of ether oxygens (including phenoxy) is 2. The van der Waals surface area contributed by atoms with Gasteiger partial charge in [0.25, 0.3) is 11.4 Å². The fourth-order valence-corrected chi connectivity index (χ4v) is 3.87. The van der Waals surface area contributed by atoms with Crippen molar-refractivity contribution in [1.29, 1.82) is 0 Å². The number of hydrogen-bond donors (Lipinski definition) is 2. The van der Waals surface area contributed by atoms with E-state index in [-0.39, 0.29) is 22.7 Å². The third-order valence-corrected chi connectivity index (χ3v) is 6.44. The molecule has 0 aromatic heterocycles. The van der Waals surface area contributed by atoms with E-state index < -0.39 is 31.1 Å². The van der Waals surface area contributed by atoms with E-state index in [1.54, 1.807) is 64.5 Å². The fraction of sp³-hybridized carbons (Fsp3) is 0.133. The smallest absolute Gasteiger partial charge is 0.301 e. The van der Waals surface area contributed by atoms with Gasteiger partial charge in [0.15, 0.2) is 0 Å².